The number of benzene rings is 2. The van der Waals surface area contributed by atoms with Gasteiger partial charge in [0.15, 0.2) is 5.82 Å². The van der Waals surface area contributed by atoms with Gasteiger partial charge in [0.2, 0.25) is 0 Å². The standard InChI is InChI=1S/C18H12N4O2/c19-9-12-3-1-5-14(7-12)18(24)22-15-10-20-17(21-11-15)13-4-2-6-16(23)8-13/h1-8,10-11,23H,(H,22,24). The van der Waals surface area contributed by atoms with Crippen molar-refractivity contribution >= 4 is 11.6 Å². The SMILES string of the molecule is N#Cc1cccc(C(=O)Nc2cnc(-c3cccc(O)c3)nc2)c1. The minimum absolute atomic E-state index is 0.130. The highest BCUT2D eigenvalue weighted by atomic mass is 16.3. The third-order valence-electron chi connectivity index (χ3n) is 3.27. The summed E-state index contributed by atoms with van der Waals surface area (Å²) in [5, 5.41) is 21.0. The van der Waals surface area contributed by atoms with Crippen molar-refractivity contribution in [1.82, 2.24) is 9.97 Å². The largest absolute Gasteiger partial charge is 0.508 e. The summed E-state index contributed by atoms with van der Waals surface area (Å²) in [5.74, 6) is 0.224. The van der Waals surface area contributed by atoms with Gasteiger partial charge in [0.25, 0.3) is 5.91 Å². The number of rotatable bonds is 3. The summed E-state index contributed by atoms with van der Waals surface area (Å²) in [7, 11) is 0. The number of aromatic nitrogens is 2. The Morgan fingerprint density at radius 2 is 1.83 bits per heavy atom. The summed E-state index contributed by atoms with van der Waals surface area (Å²) in [6.07, 6.45) is 2.97. The molecule has 24 heavy (non-hydrogen) atoms. The molecule has 0 spiro atoms. The van der Waals surface area contributed by atoms with Gasteiger partial charge in [-0.15, -0.1) is 0 Å². The number of nitriles is 1. The maximum absolute atomic E-state index is 12.2. The lowest BCUT2D eigenvalue weighted by molar-refractivity contribution is 0.102. The first-order valence-corrected chi connectivity index (χ1v) is 7.09. The number of carbonyl (C=O) groups is 1. The Morgan fingerprint density at radius 1 is 1.08 bits per heavy atom. The topological polar surface area (TPSA) is 98.9 Å². The zero-order valence-corrected chi connectivity index (χ0v) is 12.5. The molecule has 0 aliphatic carbocycles. The summed E-state index contributed by atoms with van der Waals surface area (Å²) in [4.78, 5) is 20.5. The highest BCUT2D eigenvalue weighted by Gasteiger charge is 2.08. The molecule has 0 saturated heterocycles. The van der Waals surface area contributed by atoms with Gasteiger partial charge in [-0.1, -0.05) is 18.2 Å². The first-order valence-electron chi connectivity index (χ1n) is 7.09. The minimum atomic E-state index is -0.346. The van der Waals surface area contributed by atoms with E-state index in [2.05, 4.69) is 15.3 Å². The zero-order valence-electron chi connectivity index (χ0n) is 12.5. The fourth-order valence-corrected chi connectivity index (χ4v) is 2.12. The second-order valence-corrected chi connectivity index (χ2v) is 4.99. The molecule has 0 bridgehead atoms. The zero-order chi connectivity index (χ0) is 16.9. The van der Waals surface area contributed by atoms with Gasteiger partial charge in [-0.05, 0) is 30.3 Å². The van der Waals surface area contributed by atoms with Crippen molar-refractivity contribution in [2.75, 3.05) is 5.32 Å². The number of aromatic hydroxyl groups is 1. The Morgan fingerprint density at radius 3 is 2.54 bits per heavy atom. The molecule has 3 rings (SSSR count). The molecule has 6 heteroatoms. The van der Waals surface area contributed by atoms with E-state index in [1.165, 1.54) is 18.5 Å². The van der Waals surface area contributed by atoms with E-state index in [4.69, 9.17) is 5.26 Å². The molecule has 0 fully saturated rings. The van der Waals surface area contributed by atoms with Crippen molar-refractivity contribution in [2.24, 2.45) is 0 Å². The van der Waals surface area contributed by atoms with E-state index in [-0.39, 0.29) is 11.7 Å². The van der Waals surface area contributed by atoms with E-state index in [9.17, 15) is 9.90 Å². The summed E-state index contributed by atoms with van der Waals surface area (Å²) >= 11 is 0. The van der Waals surface area contributed by atoms with Crippen molar-refractivity contribution in [2.45, 2.75) is 0 Å². The van der Waals surface area contributed by atoms with Crippen molar-refractivity contribution in [3.8, 4) is 23.2 Å². The third kappa shape index (κ3) is 3.36. The van der Waals surface area contributed by atoms with E-state index < -0.39 is 0 Å². The van der Waals surface area contributed by atoms with Crippen molar-refractivity contribution < 1.29 is 9.90 Å². The Labute approximate surface area is 138 Å². The molecule has 116 valence electrons. The van der Waals surface area contributed by atoms with Gasteiger partial charge in [0.1, 0.15) is 5.75 Å². The minimum Gasteiger partial charge on any atom is -0.508 e. The fourth-order valence-electron chi connectivity index (χ4n) is 2.12. The first kappa shape index (κ1) is 15.2. The van der Waals surface area contributed by atoms with Crippen molar-refractivity contribution in [3.63, 3.8) is 0 Å². The molecular weight excluding hydrogens is 304 g/mol. The van der Waals surface area contributed by atoms with E-state index in [0.29, 0.717) is 28.2 Å². The lowest BCUT2D eigenvalue weighted by Gasteiger charge is -2.06. The summed E-state index contributed by atoms with van der Waals surface area (Å²) in [5.41, 5.74) is 1.91. The van der Waals surface area contributed by atoms with Crippen molar-refractivity contribution in [3.05, 3.63) is 72.1 Å². The van der Waals surface area contributed by atoms with Crippen LogP contribution >= 0.6 is 0 Å². The van der Waals surface area contributed by atoms with Gasteiger partial charge in [-0.25, -0.2) is 9.97 Å². The summed E-state index contributed by atoms with van der Waals surface area (Å²) in [6.45, 7) is 0. The van der Waals surface area contributed by atoms with Crippen LogP contribution in [-0.2, 0) is 0 Å². The van der Waals surface area contributed by atoms with E-state index >= 15 is 0 Å². The van der Waals surface area contributed by atoms with E-state index in [1.54, 1.807) is 42.5 Å². The Balaban J connectivity index is 1.76. The van der Waals surface area contributed by atoms with Crippen LogP contribution in [0.3, 0.4) is 0 Å². The van der Waals surface area contributed by atoms with Crippen LogP contribution in [0.1, 0.15) is 15.9 Å². The second kappa shape index (κ2) is 6.58. The molecule has 0 aliphatic heterocycles. The summed E-state index contributed by atoms with van der Waals surface area (Å²) < 4.78 is 0. The maximum Gasteiger partial charge on any atom is 0.255 e. The number of hydrogen-bond acceptors (Lipinski definition) is 5. The predicted octanol–water partition coefficient (Wildman–Crippen LogP) is 2.97. The van der Waals surface area contributed by atoms with Gasteiger partial charge < -0.3 is 10.4 Å². The fraction of sp³-hybridized carbons (Fsp3) is 0. The van der Waals surface area contributed by atoms with Crippen LogP contribution in [0.2, 0.25) is 0 Å². The van der Waals surface area contributed by atoms with Crippen molar-refractivity contribution in [1.29, 1.82) is 5.26 Å². The smallest absolute Gasteiger partial charge is 0.255 e. The molecule has 3 aromatic rings. The highest BCUT2D eigenvalue weighted by Crippen LogP contribution is 2.20. The molecule has 0 aliphatic rings. The lowest BCUT2D eigenvalue weighted by atomic mass is 10.1. The molecular formula is C18H12N4O2. The Bertz CT molecular complexity index is 930. The Hall–Kier alpha value is -3.72. The van der Waals surface area contributed by atoms with Gasteiger partial charge >= 0.3 is 0 Å². The lowest BCUT2D eigenvalue weighted by Crippen LogP contribution is -2.12. The second-order valence-electron chi connectivity index (χ2n) is 4.99. The number of phenols is 1. The van der Waals surface area contributed by atoms with Crippen LogP contribution in [0.4, 0.5) is 5.69 Å². The van der Waals surface area contributed by atoms with Crippen LogP contribution in [-0.4, -0.2) is 21.0 Å². The Kier molecular flexibility index (Phi) is 4.17. The monoisotopic (exact) mass is 316 g/mol. The van der Waals surface area contributed by atoms with Crippen LogP contribution in [0, 0.1) is 11.3 Å². The van der Waals surface area contributed by atoms with Gasteiger partial charge in [-0.2, -0.15) is 5.26 Å². The number of hydrogen-bond donors (Lipinski definition) is 2. The quantitative estimate of drug-likeness (QED) is 0.774. The van der Waals surface area contributed by atoms with Crippen LogP contribution in [0.5, 0.6) is 5.75 Å². The molecule has 1 heterocycles. The molecule has 0 radical (unpaired) electrons. The average molecular weight is 316 g/mol. The molecule has 1 aromatic heterocycles. The normalized spacial score (nSPS) is 9.96. The van der Waals surface area contributed by atoms with E-state index in [0.717, 1.165) is 0 Å². The van der Waals surface area contributed by atoms with Gasteiger partial charge in [0, 0.05) is 11.1 Å². The number of amides is 1. The third-order valence-corrected chi connectivity index (χ3v) is 3.27. The number of carbonyl (C=O) groups excluding carboxylic acids is 1. The maximum atomic E-state index is 12.2. The molecule has 0 saturated carbocycles. The number of nitrogens with zero attached hydrogens (tertiary/aromatic N) is 3. The van der Waals surface area contributed by atoms with Crippen LogP contribution in [0.25, 0.3) is 11.4 Å². The summed E-state index contributed by atoms with van der Waals surface area (Å²) in [6, 6.07) is 15.0. The molecule has 0 unspecified atom stereocenters. The highest BCUT2D eigenvalue weighted by molar-refractivity contribution is 6.04. The molecule has 2 N–H and O–H groups in total. The molecule has 6 nitrogen and oxygen atoms in total. The molecule has 0 atom stereocenters. The first-order chi connectivity index (χ1) is 11.7. The average Bonchev–Trinajstić information content (AvgIpc) is 2.62. The number of nitrogens with one attached hydrogen (secondary N) is 1. The molecule has 1 amide bonds. The van der Waals surface area contributed by atoms with Gasteiger partial charge in [-0.3, -0.25) is 4.79 Å². The predicted molar refractivity (Wildman–Crippen MR) is 88.2 cm³/mol. The van der Waals surface area contributed by atoms with Gasteiger partial charge in [0.05, 0.1) is 29.7 Å². The number of phenolic OH excluding ortho intramolecular Hbond substituents is 1. The number of anilines is 1. The van der Waals surface area contributed by atoms with E-state index in [1.807, 2.05) is 6.07 Å². The molecule has 2 aromatic carbocycles. The van der Waals surface area contributed by atoms with Crippen LogP contribution < -0.4 is 5.32 Å². The van der Waals surface area contributed by atoms with Crippen LogP contribution in [0.15, 0.2) is 60.9 Å².